The average Bonchev–Trinajstić information content (AvgIpc) is 3.60. The van der Waals surface area contributed by atoms with Crippen molar-refractivity contribution in [2.24, 2.45) is 0 Å². The standard InChI is InChI=1S/C27H34N4O2/c1-20-9-11-21(12-10-20)25-26(31(19-29-25)22-7-3-2-4-8-22)23-13-14-24(33-23)27(32)28-15-18-30-16-5-6-17-30/h9-14,19,22H,2-8,15-18H2,1H3,(H,28,32). The lowest BCUT2D eigenvalue weighted by Crippen LogP contribution is -2.33. The van der Waals surface area contributed by atoms with Gasteiger partial charge in [0.05, 0.1) is 12.0 Å². The van der Waals surface area contributed by atoms with Gasteiger partial charge in [0.2, 0.25) is 0 Å². The third kappa shape index (κ3) is 4.91. The number of carbonyl (C=O) groups excluding carboxylic acids is 1. The Labute approximate surface area is 196 Å². The summed E-state index contributed by atoms with van der Waals surface area (Å²) >= 11 is 0. The summed E-state index contributed by atoms with van der Waals surface area (Å²) in [6.07, 6.45) is 10.6. The Bertz CT molecular complexity index is 1070. The number of carbonyl (C=O) groups is 1. The minimum Gasteiger partial charge on any atom is -0.449 e. The van der Waals surface area contributed by atoms with Gasteiger partial charge in [-0.3, -0.25) is 4.79 Å². The van der Waals surface area contributed by atoms with Crippen molar-refractivity contribution in [2.75, 3.05) is 26.2 Å². The van der Waals surface area contributed by atoms with E-state index in [9.17, 15) is 4.79 Å². The fraction of sp³-hybridized carbons (Fsp3) is 0.481. The van der Waals surface area contributed by atoms with E-state index in [0.29, 0.717) is 24.1 Å². The van der Waals surface area contributed by atoms with Gasteiger partial charge >= 0.3 is 0 Å². The summed E-state index contributed by atoms with van der Waals surface area (Å²) in [5.74, 6) is 0.914. The summed E-state index contributed by atoms with van der Waals surface area (Å²) < 4.78 is 8.42. The van der Waals surface area contributed by atoms with Crippen molar-refractivity contribution in [1.29, 1.82) is 0 Å². The van der Waals surface area contributed by atoms with Gasteiger partial charge in [0.25, 0.3) is 5.91 Å². The Kier molecular flexibility index (Phi) is 6.63. The Morgan fingerprint density at radius 1 is 1.03 bits per heavy atom. The molecule has 6 nitrogen and oxygen atoms in total. The number of nitrogens with zero attached hydrogens (tertiary/aromatic N) is 3. The van der Waals surface area contributed by atoms with Gasteiger partial charge in [-0.1, -0.05) is 49.1 Å². The molecule has 0 bridgehead atoms. The molecule has 0 atom stereocenters. The minimum absolute atomic E-state index is 0.152. The van der Waals surface area contributed by atoms with Crippen LogP contribution in [0, 0.1) is 6.92 Å². The van der Waals surface area contributed by atoms with Crippen LogP contribution in [-0.4, -0.2) is 46.5 Å². The van der Waals surface area contributed by atoms with E-state index in [1.165, 1.54) is 37.7 Å². The van der Waals surface area contributed by atoms with Crippen LogP contribution in [0.1, 0.15) is 67.1 Å². The van der Waals surface area contributed by atoms with E-state index in [1.807, 2.05) is 12.4 Å². The molecule has 0 spiro atoms. The molecule has 1 saturated carbocycles. The molecule has 1 aliphatic carbocycles. The highest BCUT2D eigenvalue weighted by atomic mass is 16.4. The van der Waals surface area contributed by atoms with Crippen molar-refractivity contribution in [3.05, 3.63) is 54.0 Å². The van der Waals surface area contributed by atoms with Crippen LogP contribution in [0.5, 0.6) is 0 Å². The fourth-order valence-electron chi connectivity index (χ4n) is 5.17. The Hall–Kier alpha value is -2.86. The van der Waals surface area contributed by atoms with E-state index in [4.69, 9.17) is 9.40 Å². The first kappa shape index (κ1) is 22.0. The molecule has 1 N–H and O–H groups in total. The number of aromatic nitrogens is 2. The maximum atomic E-state index is 12.7. The van der Waals surface area contributed by atoms with Gasteiger partial charge in [0.15, 0.2) is 11.5 Å². The topological polar surface area (TPSA) is 63.3 Å². The number of likely N-dealkylation sites (tertiary alicyclic amines) is 1. The monoisotopic (exact) mass is 446 g/mol. The molecule has 3 aromatic rings. The molecular formula is C27H34N4O2. The molecule has 2 fully saturated rings. The molecule has 6 heteroatoms. The largest absolute Gasteiger partial charge is 0.449 e. The number of furan rings is 1. The predicted octanol–water partition coefficient (Wildman–Crippen LogP) is 5.45. The van der Waals surface area contributed by atoms with Crippen LogP contribution in [-0.2, 0) is 0 Å². The molecule has 1 aromatic carbocycles. The quantitative estimate of drug-likeness (QED) is 0.524. The van der Waals surface area contributed by atoms with E-state index < -0.39 is 0 Å². The lowest BCUT2D eigenvalue weighted by atomic mass is 9.95. The SMILES string of the molecule is Cc1ccc(-c2ncn(C3CCCCC3)c2-c2ccc(C(=O)NCCN3CCCC3)o2)cc1. The molecule has 1 saturated heterocycles. The minimum atomic E-state index is -0.152. The number of imidazole rings is 1. The molecule has 174 valence electrons. The second kappa shape index (κ2) is 9.96. The fourth-order valence-corrected chi connectivity index (χ4v) is 5.17. The van der Waals surface area contributed by atoms with E-state index in [0.717, 1.165) is 49.4 Å². The van der Waals surface area contributed by atoms with Crippen LogP contribution in [0.15, 0.2) is 47.1 Å². The normalized spacial score (nSPS) is 17.5. The zero-order valence-corrected chi connectivity index (χ0v) is 19.6. The molecule has 2 aliphatic rings. The molecule has 1 aliphatic heterocycles. The van der Waals surface area contributed by atoms with Crippen LogP contribution in [0.3, 0.4) is 0 Å². The number of aryl methyl sites for hydroxylation is 1. The van der Waals surface area contributed by atoms with Crippen molar-refractivity contribution < 1.29 is 9.21 Å². The molecule has 33 heavy (non-hydrogen) atoms. The van der Waals surface area contributed by atoms with Crippen molar-refractivity contribution in [3.8, 4) is 22.7 Å². The van der Waals surface area contributed by atoms with Crippen molar-refractivity contribution in [2.45, 2.75) is 57.9 Å². The second-order valence-corrected chi connectivity index (χ2v) is 9.48. The highest BCUT2D eigenvalue weighted by Gasteiger charge is 2.25. The third-order valence-corrected chi connectivity index (χ3v) is 7.06. The number of hydrogen-bond acceptors (Lipinski definition) is 4. The van der Waals surface area contributed by atoms with E-state index in [1.54, 1.807) is 6.07 Å². The van der Waals surface area contributed by atoms with Gasteiger partial charge in [0, 0.05) is 24.7 Å². The van der Waals surface area contributed by atoms with Crippen LogP contribution in [0.4, 0.5) is 0 Å². The van der Waals surface area contributed by atoms with E-state index >= 15 is 0 Å². The molecule has 0 unspecified atom stereocenters. The number of nitrogens with one attached hydrogen (secondary N) is 1. The predicted molar refractivity (Wildman–Crippen MR) is 130 cm³/mol. The van der Waals surface area contributed by atoms with Crippen LogP contribution < -0.4 is 5.32 Å². The zero-order chi connectivity index (χ0) is 22.6. The van der Waals surface area contributed by atoms with Gasteiger partial charge in [-0.05, 0) is 57.8 Å². The summed E-state index contributed by atoms with van der Waals surface area (Å²) in [6, 6.07) is 12.6. The molecule has 0 radical (unpaired) electrons. The maximum Gasteiger partial charge on any atom is 0.287 e. The first-order valence-corrected chi connectivity index (χ1v) is 12.4. The summed E-state index contributed by atoms with van der Waals surface area (Å²) in [7, 11) is 0. The average molecular weight is 447 g/mol. The molecule has 2 aromatic heterocycles. The molecular weight excluding hydrogens is 412 g/mol. The van der Waals surface area contributed by atoms with Gasteiger partial charge in [-0.15, -0.1) is 0 Å². The van der Waals surface area contributed by atoms with Crippen molar-refractivity contribution in [1.82, 2.24) is 19.8 Å². The number of benzene rings is 1. The lowest BCUT2D eigenvalue weighted by molar-refractivity contribution is 0.0923. The zero-order valence-electron chi connectivity index (χ0n) is 19.6. The molecule has 1 amide bonds. The molecule has 3 heterocycles. The number of hydrogen-bond donors (Lipinski definition) is 1. The lowest BCUT2D eigenvalue weighted by Gasteiger charge is -2.24. The van der Waals surface area contributed by atoms with Crippen molar-refractivity contribution >= 4 is 5.91 Å². The van der Waals surface area contributed by atoms with E-state index in [-0.39, 0.29) is 5.91 Å². The van der Waals surface area contributed by atoms with Crippen molar-refractivity contribution in [3.63, 3.8) is 0 Å². The van der Waals surface area contributed by atoms with Crippen LogP contribution >= 0.6 is 0 Å². The first-order chi connectivity index (χ1) is 16.2. The van der Waals surface area contributed by atoms with Gasteiger partial charge in [-0.2, -0.15) is 0 Å². The summed E-state index contributed by atoms with van der Waals surface area (Å²) in [5, 5.41) is 3.02. The third-order valence-electron chi connectivity index (χ3n) is 7.06. The summed E-state index contributed by atoms with van der Waals surface area (Å²) in [4.78, 5) is 19.9. The molecule has 5 rings (SSSR count). The highest BCUT2D eigenvalue weighted by molar-refractivity contribution is 5.92. The first-order valence-electron chi connectivity index (χ1n) is 12.4. The second-order valence-electron chi connectivity index (χ2n) is 9.48. The summed E-state index contributed by atoms with van der Waals surface area (Å²) in [6.45, 7) is 5.89. The maximum absolute atomic E-state index is 12.7. The van der Waals surface area contributed by atoms with E-state index in [2.05, 4.69) is 46.0 Å². The Balaban J connectivity index is 1.40. The van der Waals surface area contributed by atoms with Gasteiger partial charge < -0.3 is 19.2 Å². The smallest absolute Gasteiger partial charge is 0.287 e. The number of amides is 1. The van der Waals surface area contributed by atoms with Gasteiger partial charge in [-0.25, -0.2) is 4.98 Å². The summed E-state index contributed by atoms with van der Waals surface area (Å²) in [5.41, 5.74) is 4.17. The number of rotatable bonds is 7. The highest BCUT2D eigenvalue weighted by Crippen LogP contribution is 2.38. The van der Waals surface area contributed by atoms with Gasteiger partial charge in [0.1, 0.15) is 5.69 Å². The Morgan fingerprint density at radius 2 is 1.79 bits per heavy atom. The van der Waals surface area contributed by atoms with Crippen LogP contribution in [0.2, 0.25) is 0 Å². The van der Waals surface area contributed by atoms with Crippen LogP contribution in [0.25, 0.3) is 22.7 Å². The Morgan fingerprint density at radius 3 is 2.55 bits per heavy atom.